The van der Waals surface area contributed by atoms with Crippen molar-refractivity contribution in [3.05, 3.63) is 51.5 Å². The molecule has 0 saturated heterocycles. The third-order valence-electron chi connectivity index (χ3n) is 3.13. The zero-order chi connectivity index (χ0) is 14.5. The second-order valence-corrected chi connectivity index (χ2v) is 5.76. The van der Waals surface area contributed by atoms with Gasteiger partial charge in [-0.05, 0) is 31.5 Å². The van der Waals surface area contributed by atoms with Crippen molar-refractivity contribution in [2.24, 2.45) is 0 Å². The number of hydrogen-bond donors (Lipinski definition) is 1. The monoisotopic (exact) mass is 403 g/mol. The molecule has 2 aromatic rings. The smallest absolute Gasteiger partial charge is 0.0945 e. The molecule has 22 heavy (non-hydrogen) atoms. The Morgan fingerprint density at radius 3 is 2.55 bits per heavy atom. The minimum Gasteiger partial charge on any atom is -0.337 e. The van der Waals surface area contributed by atoms with Gasteiger partial charge in [0.1, 0.15) is 0 Å². The summed E-state index contributed by atoms with van der Waals surface area (Å²) in [4.78, 5) is 4.01. The van der Waals surface area contributed by atoms with Crippen molar-refractivity contribution in [1.82, 2.24) is 14.9 Å². The summed E-state index contributed by atoms with van der Waals surface area (Å²) in [5.41, 5.74) is 0.962. The number of aromatic nitrogens is 2. The lowest BCUT2D eigenvalue weighted by atomic mass is 10.1. The molecule has 0 aliphatic rings. The van der Waals surface area contributed by atoms with E-state index in [9.17, 15) is 0 Å². The Balaban J connectivity index is 0.00000220. The van der Waals surface area contributed by atoms with Gasteiger partial charge in [-0.1, -0.05) is 40.9 Å². The van der Waals surface area contributed by atoms with Gasteiger partial charge in [0.15, 0.2) is 0 Å². The zero-order valence-electron chi connectivity index (χ0n) is 11.9. The summed E-state index contributed by atoms with van der Waals surface area (Å²) < 4.78 is 2.05. The summed E-state index contributed by atoms with van der Waals surface area (Å²) in [7, 11) is 0. The van der Waals surface area contributed by atoms with Crippen LogP contribution < -0.4 is 5.32 Å². The van der Waals surface area contributed by atoms with E-state index in [4.69, 9.17) is 34.8 Å². The lowest BCUT2D eigenvalue weighted by Gasteiger charge is -2.17. The summed E-state index contributed by atoms with van der Waals surface area (Å²) >= 11 is 18.2. The van der Waals surface area contributed by atoms with Gasteiger partial charge < -0.3 is 9.88 Å². The van der Waals surface area contributed by atoms with Gasteiger partial charge in [-0.2, -0.15) is 0 Å². The van der Waals surface area contributed by atoms with E-state index in [1.807, 2.05) is 18.6 Å². The van der Waals surface area contributed by atoms with Crippen molar-refractivity contribution in [3.63, 3.8) is 0 Å². The number of halogens is 5. The van der Waals surface area contributed by atoms with Gasteiger partial charge in [0.25, 0.3) is 0 Å². The van der Waals surface area contributed by atoms with Gasteiger partial charge in [0.2, 0.25) is 0 Å². The van der Waals surface area contributed by atoms with Crippen LogP contribution in [0.25, 0.3) is 0 Å². The van der Waals surface area contributed by atoms with Gasteiger partial charge in [-0.25, -0.2) is 4.98 Å². The molecule has 0 amide bonds. The third kappa shape index (κ3) is 5.80. The average Bonchev–Trinajstić information content (AvgIpc) is 2.94. The minimum absolute atomic E-state index is 0. The molecule has 0 spiro atoms. The van der Waals surface area contributed by atoms with Gasteiger partial charge in [-0.15, -0.1) is 24.8 Å². The molecule has 1 aromatic heterocycles. The summed E-state index contributed by atoms with van der Waals surface area (Å²) in [6.45, 7) is 3.88. The quantitative estimate of drug-likeness (QED) is 0.513. The minimum atomic E-state index is 0. The van der Waals surface area contributed by atoms with Crippen LogP contribution in [0.4, 0.5) is 0 Å². The van der Waals surface area contributed by atoms with Gasteiger partial charge >= 0.3 is 0 Å². The number of imidazole rings is 1. The van der Waals surface area contributed by atoms with Crippen LogP contribution in [0.5, 0.6) is 0 Å². The first-order valence-electron chi connectivity index (χ1n) is 6.42. The number of nitrogens with zero attached hydrogens (tertiary/aromatic N) is 2. The van der Waals surface area contributed by atoms with Crippen LogP contribution in [0.2, 0.25) is 15.1 Å². The highest BCUT2D eigenvalue weighted by atomic mass is 35.5. The van der Waals surface area contributed by atoms with Gasteiger partial charge in [-0.3, -0.25) is 0 Å². The summed E-state index contributed by atoms with van der Waals surface area (Å²) in [6, 6.07) is 3.80. The Labute approximate surface area is 158 Å². The molecule has 0 fully saturated rings. The number of rotatable bonds is 6. The molecule has 1 heterocycles. The molecule has 1 unspecified atom stereocenters. The largest absolute Gasteiger partial charge is 0.337 e. The fourth-order valence-electron chi connectivity index (χ4n) is 1.98. The average molecular weight is 406 g/mol. The first-order valence-corrected chi connectivity index (χ1v) is 7.55. The maximum absolute atomic E-state index is 6.22. The standard InChI is InChI=1S/C14H16Cl3N3.2ClH/c1-10(11-3-4-12(15)14(17)13(11)16)19-5-2-7-20-8-6-18-9-20;;/h3-4,6,8-10,19H,2,5,7H2,1H3;2*1H. The molecule has 0 bridgehead atoms. The topological polar surface area (TPSA) is 29.9 Å². The first-order chi connectivity index (χ1) is 9.59. The van der Waals surface area contributed by atoms with Crippen LogP contribution in [-0.2, 0) is 6.54 Å². The molecule has 0 aliphatic carbocycles. The van der Waals surface area contributed by atoms with Crippen LogP contribution in [0.3, 0.4) is 0 Å². The fraction of sp³-hybridized carbons (Fsp3) is 0.357. The highest BCUT2D eigenvalue weighted by Crippen LogP contribution is 2.35. The Bertz CT molecular complexity index is 560. The first kappa shape index (κ1) is 21.8. The van der Waals surface area contributed by atoms with Crippen molar-refractivity contribution in [2.45, 2.75) is 25.9 Å². The predicted octanol–water partition coefficient (Wildman–Crippen LogP) is 5.43. The molecule has 124 valence electrons. The number of benzene rings is 1. The zero-order valence-corrected chi connectivity index (χ0v) is 15.8. The van der Waals surface area contributed by atoms with E-state index in [-0.39, 0.29) is 30.9 Å². The van der Waals surface area contributed by atoms with Crippen molar-refractivity contribution < 1.29 is 0 Å². The van der Waals surface area contributed by atoms with E-state index in [0.29, 0.717) is 15.1 Å². The van der Waals surface area contributed by atoms with Crippen molar-refractivity contribution in [3.8, 4) is 0 Å². The van der Waals surface area contributed by atoms with E-state index >= 15 is 0 Å². The molecule has 3 nitrogen and oxygen atoms in total. The predicted molar refractivity (Wildman–Crippen MR) is 99.2 cm³/mol. The Morgan fingerprint density at radius 2 is 1.91 bits per heavy atom. The van der Waals surface area contributed by atoms with E-state index in [1.165, 1.54) is 0 Å². The highest BCUT2D eigenvalue weighted by molar-refractivity contribution is 6.48. The van der Waals surface area contributed by atoms with Crippen LogP contribution in [-0.4, -0.2) is 16.1 Å². The summed E-state index contributed by atoms with van der Waals surface area (Å²) in [5, 5.41) is 4.85. The number of aryl methyl sites for hydroxylation is 1. The van der Waals surface area contributed by atoms with E-state index < -0.39 is 0 Å². The lowest BCUT2D eigenvalue weighted by molar-refractivity contribution is 0.527. The second-order valence-electron chi connectivity index (χ2n) is 4.59. The molecular weight excluding hydrogens is 387 g/mol. The highest BCUT2D eigenvalue weighted by Gasteiger charge is 2.13. The van der Waals surface area contributed by atoms with Gasteiger partial charge in [0.05, 0.1) is 21.4 Å². The molecular formula is C14H18Cl5N3. The number of hydrogen-bond acceptors (Lipinski definition) is 2. The maximum Gasteiger partial charge on any atom is 0.0945 e. The number of nitrogens with one attached hydrogen (secondary N) is 1. The molecule has 1 atom stereocenters. The van der Waals surface area contributed by atoms with E-state index in [1.54, 1.807) is 12.3 Å². The molecule has 2 rings (SSSR count). The Hall–Kier alpha value is -0.160. The van der Waals surface area contributed by atoms with Crippen LogP contribution >= 0.6 is 59.6 Å². The van der Waals surface area contributed by atoms with Crippen LogP contribution in [0, 0.1) is 0 Å². The van der Waals surface area contributed by atoms with Crippen LogP contribution in [0.15, 0.2) is 30.9 Å². The Morgan fingerprint density at radius 1 is 1.18 bits per heavy atom. The molecule has 0 saturated carbocycles. The molecule has 0 aliphatic heterocycles. The normalized spacial score (nSPS) is 11.5. The Kier molecular flexibility index (Phi) is 10.5. The molecule has 1 N–H and O–H groups in total. The SMILES string of the molecule is CC(NCCCn1ccnc1)c1ccc(Cl)c(Cl)c1Cl.Cl.Cl. The molecule has 1 aromatic carbocycles. The van der Waals surface area contributed by atoms with E-state index in [0.717, 1.165) is 25.1 Å². The molecule has 0 radical (unpaired) electrons. The van der Waals surface area contributed by atoms with Crippen LogP contribution in [0.1, 0.15) is 24.9 Å². The third-order valence-corrected chi connectivity index (χ3v) is 4.44. The maximum atomic E-state index is 6.22. The van der Waals surface area contributed by atoms with E-state index in [2.05, 4.69) is 21.8 Å². The summed E-state index contributed by atoms with van der Waals surface area (Å²) in [5.74, 6) is 0. The second kappa shape index (κ2) is 10.6. The van der Waals surface area contributed by atoms with Gasteiger partial charge in [0, 0.05) is 25.0 Å². The lowest BCUT2D eigenvalue weighted by Crippen LogP contribution is -2.21. The van der Waals surface area contributed by atoms with Crippen molar-refractivity contribution >= 4 is 59.6 Å². The van der Waals surface area contributed by atoms with Crippen molar-refractivity contribution in [1.29, 1.82) is 0 Å². The fourth-order valence-corrected chi connectivity index (χ4v) is 2.69. The van der Waals surface area contributed by atoms with Crippen molar-refractivity contribution in [2.75, 3.05) is 6.54 Å². The molecule has 8 heteroatoms. The summed E-state index contributed by atoms with van der Waals surface area (Å²) in [6.07, 6.45) is 6.57.